The number of guanidine groups is 1. The highest BCUT2D eigenvalue weighted by Crippen LogP contribution is 2.28. The third kappa shape index (κ3) is 6.20. The zero-order chi connectivity index (χ0) is 19.8. The van der Waals surface area contributed by atoms with Crippen molar-refractivity contribution in [1.29, 1.82) is 0 Å². The molecule has 2 aromatic rings. The first-order chi connectivity index (χ1) is 12.9. The van der Waals surface area contributed by atoms with Crippen LogP contribution in [0.5, 0.6) is 11.5 Å². The van der Waals surface area contributed by atoms with Gasteiger partial charge in [-0.05, 0) is 42.3 Å². The van der Waals surface area contributed by atoms with E-state index in [0.717, 1.165) is 11.1 Å². The van der Waals surface area contributed by atoms with Crippen LogP contribution in [0.1, 0.15) is 24.1 Å². The minimum atomic E-state index is -0.123. The van der Waals surface area contributed by atoms with Crippen molar-refractivity contribution < 1.29 is 14.6 Å². The van der Waals surface area contributed by atoms with Crippen molar-refractivity contribution in [2.45, 2.75) is 19.5 Å². The van der Waals surface area contributed by atoms with Gasteiger partial charge in [-0.25, -0.2) is 4.99 Å². The van der Waals surface area contributed by atoms with Crippen molar-refractivity contribution in [1.82, 2.24) is 5.32 Å². The van der Waals surface area contributed by atoms with Crippen LogP contribution in [0.3, 0.4) is 0 Å². The summed E-state index contributed by atoms with van der Waals surface area (Å²) in [6.07, 6.45) is 0. The van der Waals surface area contributed by atoms with Gasteiger partial charge in [0.2, 0.25) is 0 Å². The fraction of sp³-hybridized carbons (Fsp3) is 0.316. The molecule has 0 aromatic heterocycles. The van der Waals surface area contributed by atoms with Crippen molar-refractivity contribution in [2.75, 3.05) is 20.3 Å². The van der Waals surface area contributed by atoms with E-state index >= 15 is 0 Å². The Labute approximate surface area is 168 Å². The van der Waals surface area contributed by atoms with Crippen LogP contribution in [0.15, 0.2) is 41.4 Å². The maximum Gasteiger partial charge on any atom is 0.189 e. The number of rotatable bonds is 8. The first kappa shape index (κ1) is 21.2. The van der Waals surface area contributed by atoms with Gasteiger partial charge in [0.1, 0.15) is 6.61 Å². The van der Waals surface area contributed by atoms with Gasteiger partial charge in [-0.3, -0.25) is 0 Å². The molecule has 2 aromatic carbocycles. The molecule has 0 saturated heterocycles. The quantitative estimate of drug-likeness (QED) is 0.456. The molecule has 1 atom stereocenters. The molecular formula is C19H23Cl2N3O3. The van der Waals surface area contributed by atoms with Gasteiger partial charge < -0.3 is 25.6 Å². The van der Waals surface area contributed by atoms with Crippen molar-refractivity contribution in [2.24, 2.45) is 10.7 Å². The Balaban J connectivity index is 2.02. The third-order valence-electron chi connectivity index (χ3n) is 3.80. The number of hydrogen-bond acceptors (Lipinski definition) is 4. The van der Waals surface area contributed by atoms with Gasteiger partial charge in [0.15, 0.2) is 17.5 Å². The van der Waals surface area contributed by atoms with Crippen molar-refractivity contribution >= 4 is 29.2 Å². The second kappa shape index (κ2) is 10.3. The molecule has 0 bridgehead atoms. The average molecular weight is 412 g/mol. The second-order valence-electron chi connectivity index (χ2n) is 5.79. The lowest BCUT2D eigenvalue weighted by Gasteiger charge is -2.16. The molecule has 0 saturated carbocycles. The Morgan fingerprint density at radius 2 is 2.00 bits per heavy atom. The number of aliphatic hydroxyl groups excluding tert-OH is 1. The number of nitrogens with one attached hydrogen (secondary N) is 1. The minimum absolute atomic E-state index is 0.0623. The topological polar surface area (TPSA) is 89.1 Å². The molecule has 6 nitrogen and oxygen atoms in total. The first-order valence-electron chi connectivity index (χ1n) is 8.36. The van der Waals surface area contributed by atoms with Gasteiger partial charge in [0, 0.05) is 10.0 Å². The van der Waals surface area contributed by atoms with E-state index in [1.165, 1.54) is 0 Å². The number of methoxy groups -OCH3 is 1. The molecule has 1 unspecified atom stereocenters. The highest BCUT2D eigenvalue weighted by Gasteiger charge is 2.11. The molecule has 4 N–H and O–H groups in total. The van der Waals surface area contributed by atoms with Gasteiger partial charge in [-0.1, -0.05) is 35.3 Å². The van der Waals surface area contributed by atoms with Gasteiger partial charge in [0.05, 0.1) is 26.3 Å². The van der Waals surface area contributed by atoms with E-state index < -0.39 is 0 Å². The fourth-order valence-electron chi connectivity index (χ4n) is 2.46. The number of nitrogens with two attached hydrogens (primary N) is 1. The molecule has 0 aliphatic rings. The predicted molar refractivity (Wildman–Crippen MR) is 109 cm³/mol. The SMILES string of the molecule is COc1cc(CN=C(N)NC(C)c2ccc(Cl)cc2Cl)ccc1OCCO. The predicted octanol–water partition coefficient (Wildman–Crippen LogP) is 3.54. The number of aliphatic imine (C=N–C) groups is 1. The van der Waals surface area contributed by atoms with Gasteiger partial charge in [-0.2, -0.15) is 0 Å². The molecule has 2 rings (SSSR count). The number of nitrogens with zero attached hydrogens (tertiary/aromatic N) is 1. The Morgan fingerprint density at radius 1 is 1.22 bits per heavy atom. The van der Waals surface area contributed by atoms with E-state index in [2.05, 4.69) is 10.3 Å². The minimum Gasteiger partial charge on any atom is -0.493 e. The molecule has 0 aliphatic carbocycles. The van der Waals surface area contributed by atoms with E-state index in [1.807, 2.05) is 25.1 Å². The molecule has 8 heteroatoms. The molecule has 0 radical (unpaired) electrons. The van der Waals surface area contributed by atoms with E-state index in [1.54, 1.807) is 25.3 Å². The summed E-state index contributed by atoms with van der Waals surface area (Å²) < 4.78 is 10.7. The van der Waals surface area contributed by atoms with Crippen LogP contribution >= 0.6 is 23.2 Å². The summed E-state index contributed by atoms with van der Waals surface area (Å²) in [5.74, 6) is 1.44. The van der Waals surface area contributed by atoms with Gasteiger partial charge in [0.25, 0.3) is 0 Å². The molecule has 0 spiro atoms. The Hall–Kier alpha value is -2.15. The van der Waals surface area contributed by atoms with E-state index in [4.69, 9.17) is 43.5 Å². The lowest BCUT2D eigenvalue weighted by molar-refractivity contribution is 0.196. The largest absolute Gasteiger partial charge is 0.493 e. The average Bonchev–Trinajstić information content (AvgIpc) is 2.64. The smallest absolute Gasteiger partial charge is 0.189 e. The van der Waals surface area contributed by atoms with Crippen LogP contribution in [0.25, 0.3) is 0 Å². The number of benzene rings is 2. The standard InChI is InChI=1S/C19H23Cl2N3O3/c1-12(15-5-4-14(20)10-16(15)21)24-19(22)23-11-13-3-6-17(27-8-7-25)18(9-13)26-2/h3-6,9-10,12,25H,7-8,11H2,1-2H3,(H3,22,23,24). The fourth-order valence-corrected chi connectivity index (χ4v) is 3.03. The maximum atomic E-state index is 8.86. The van der Waals surface area contributed by atoms with E-state index in [9.17, 15) is 0 Å². The third-order valence-corrected chi connectivity index (χ3v) is 4.36. The Morgan fingerprint density at radius 3 is 2.67 bits per heavy atom. The van der Waals surface area contributed by atoms with Crippen molar-refractivity contribution in [3.8, 4) is 11.5 Å². The summed E-state index contributed by atoms with van der Waals surface area (Å²) >= 11 is 12.1. The molecule has 27 heavy (non-hydrogen) atoms. The van der Waals surface area contributed by atoms with Crippen LogP contribution in [0, 0.1) is 0 Å². The number of aliphatic hydroxyl groups is 1. The lowest BCUT2D eigenvalue weighted by atomic mass is 10.1. The molecule has 0 amide bonds. The Kier molecular flexibility index (Phi) is 8.03. The number of halogens is 2. The molecule has 0 aliphatic heterocycles. The van der Waals surface area contributed by atoms with Gasteiger partial charge >= 0.3 is 0 Å². The molecular weight excluding hydrogens is 389 g/mol. The summed E-state index contributed by atoms with van der Waals surface area (Å²) in [7, 11) is 1.56. The number of hydrogen-bond donors (Lipinski definition) is 3. The monoisotopic (exact) mass is 411 g/mol. The normalized spacial score (nSPS) is 12.6. The lowest BCUT2D eigenvalue weighted by Crippen LogP contribution is -2.34. The van der Waals surface area contributed by atoms with Crippen LogP contribution in [-0.4, -0.2) is 31.4 Å². The Bertz CT molecular complexity index is 800. The highest BCUT2D eigenvalue weighted by atomic mass is 35.5. The summed E-state index contributed by atoms with van der Waals surface area (Å²) in [5, 5.41) is 13.1. The molecule has 0 fully saturated rings. The maximum absolute atomic E-state index is 8.86. The molecule has 146 valence electrons. The second-order valence-corrected chi connectivity index (χ2v) is 6.63. The number of ether oxygens (including phenoxy) is 2. The van der Waals surface area contributed by atoms with Crippen molar-refractivity contribution in [3.05, 3.63) is 57.6 Å². The van der Waals surface area contributed by atoms with E-state index in [-0.39, 0.29) is 19.3 Å². The zero-order valence-electron chi connectivity index (χ0n) is 15.2. The van der Waals surface area contributed by atoms with Crippen LogP contribution in [0.4, 0.5) is 0 Å². The summed E-state index contributed by atoms with van der Waals surface area (Å²) in [6.45, 7) is 2.45. The van der Waals surface area contributed by atoms with Crippen LogP contribution in [-0.2, 0) is 6.54 Å². The first-order valence-corrected chi connectivity index (χ1v) is 9.12. The van der Waals surface area contributed by atoms with Gasteiger partial charge in [-0.15, -0.1) is 0 Å². The summed E-state index contributed by atoms with van der Waals surface area (Å²) in [6, 6.07) is 10.7. The van der Waals surface area contributed by atoms with Crippen molar-refractivity contribution in [3.63, 3.8) is 0 Å². The summed E-state index contributed by atoms with van der Waals surface area (Å²) in [5.41, 5.74) is 7.78. The zero-order valence-corrected chi connectivity index (χ0v) is 16.7. The molecule has 0 heterocycles. The highest BCUT2D eigenvalue weighted by molar-refractivity contribution is 6.35. The van der Waals surface area contributed by atoms with E-state index in [0.29, 0.717) is 34.0 Å². The summed E-state index contributed by atoms with van der Waals surface area (Å²) in [4.78, 5) is 4.35. The van der Waals surface area contributed by atoms with Crippen LogP contribution < -0.4 is 20.5 Å². The van der Waals surface area contributed by atoms with Crippen LogP contribution in [0.2, 0.25) is 10.0 Å².